The highest BCUT2D eigenvalue weighted by Crippen LogP contribution is 2.25. The van der Waals surface area contributed by atoms with E-state index in [-0.39, 0.29) is 5.91 Å². The SMILES string of the molecule is CCC1CCCCN1c1cc(C(=O)NCc2ccccc2Cl)nc(C)n1. The molecule has 1 fully saturated rings. The largest absolute Gasteiger partial charge is 0.354 e. The summed E-state index contributed by atoms with van der Waals surface area (Å²) in [7, 11) is 0. The number of benzene rings is 1. The highest BCUT2D eigenvalue weighted by atomic mass is 35.5. The van der Waals surface area contributed by atoms with Gasteiger partial charge in [-0.1, -0.05) is 36.7 Å². The van der Waals surface area contributed by atoms with Crippen LogP contribution in [0.1, 0.15) is 54.5 Å². The predicted molar refractivity (Wildman–Crippen MR) is 105 cm³/mol. The van der Waals surface area contributed by atoms with Crippen LogP contribution in [0.25, 0.3) is 0 Å². The van der Waals surface area contributed by atoms with Gasteiger partial charge in [-0.15, -0.1) is 0 Å². The number of halogens is 1. The Balaban J connectivity index is 1.76. The van der Waals surface area contributed by atoms with Crippen molar-refractivity contribution in [2.24, 2.45) is 0 Å². The minimum absolute atomic E-state index is 0.207. The first-order chi connectivity index (χ1) is 12.6. The standard InChI is InChI=1S/C20H25ClN4O/c1-3-16-9-6-7-11-25(16)19-12-18(23-14(2)24-19)20(26)22-13-15-8-4-5-10-17(15)21/h4-5,8,10,12,16H,3,6-7,9,11,13H2,1-2H3,(H,22,26). The lowest BCUT2D eigenvalue weighted by atomic mass is 10.00. The highest BCUT2D eigenvalue weighted by molar-refractivity contribution is 6.31. The van der Waals surface area contributed by atoms with Crippen molar-refractivity contribution >= 4 is 23.3 Å². The quantitative estimate of drug-likeness (QED) is 0.857. The van der Waals surface area contributed by atoms with Gasteiger partial charge >= 0.3 is 0 Å². The normalized spacial score (nSPS) is 17.2. The van der Waals surface area contributed by atoms with Crippen molar-refractivity contribution in [1.29, 1.82) is 0 Å². The fourth-order valence-corrected chi connectivity index (χ4v) is 3.65. The van der Waals surface area contributed by atoms with Gasteiger partial charge in [0.15, 0.2) is 0 Å². The number of hydrogen-bond acceptors (Lipinski definition) is 4. The summed E-state index contributed by atoms with van der Waals surface area (Å²) in [6, 6.07) is 9.79. The Bertz CT molecular complexity index is 780. The van der Waals surface area contributed by atoms with Gasteiger partial charge in [-0.05, 0) is 44.2 Å². The molecule has 0 aliphatic carbocycles. The summed E-state index contributed by atoms with van der Waals surface area (Å²) in [4.78, 5) is 23.8. The fourth-order valence-electron chi connectivity index (χ4n) is 3.45. The van der Waals surface area contributed by atoms with E-state index in [9.17, 15) is 4.79 Å². The van der Waals surface area contributed by atoms with Gasteiger partial charge in [-0.25, -0.2) is 9.97 Å². The van der Waals surface area contributed by atoms with E-state index in [1.165, 1.54) is 12.8 Å². The third-order valence-electron chi connectivity index (χ3n) is 4.85. The first-order valence-corrected chi connectivity index (χ1v) is 9.60. The molecule has 26 heavy (non-hydrogen) atoms. The van der Waals surface area contributed by atoms with Gasteiger partial charge in [0.05, 0.1) is 0 Å². The Labute approximate surface area is 159 Å². The Hall–Kier alpha value is -2.14. The summed E-state index contributed by atoms with van der Waals surface area (Å²) >= 11 is 6.15. The molecule has 1 N–H and O–H groups in total. The zero-order valence-corrected chi connectivity index (χ0v) is 16.1. The van der Waals surface area contributed by atoms with Crippen LogP contribution in [0.4, 0.5) is 5.82 Å². The number of aromatic nitrogens is 2. The van der Waals surface area contributed by atoms with Crippen LogP contribution in [-0.2, 0) is 6.54 Å². The Morgan fingerprint density at radius 3 is 2.88 bits per heavy atom. The van der Waals surface area contributed by atoms with Crippen molar-refractivity contribution in [2.45, 2.75) is 52.1 Å². The lowest BCUT2D eigenvalue weighted by Crippen LogP contribution is -2.40. The number of hydrogen-bond donors (Lipinski definition) is 1. The molecular formula is C20H25ClN4O. The van der Waals surface area contributed by atoms with Crippen molar-refractivity contribution in [3.8, 4) is 0 Å². The minimum atomic E-state index is -0.207. The zero-order chi connectivity index (χ0) is 18.5. The smallest absolute Gasteiger partial charge is 0.270 e. The van der Waals surface area contributed by atoms with Crippen LogP contribution in [0.5, 0.6) is 0 Å². The summed E-state index contributed by atoms with van der Waals surface area (Å²) in [6.45, 7) is 5.39. The number of piperidine rings is 1. The second-order valence-electron chi connectivity index (χ2n) is 6.68. The van der Waals surface area contributed by atoms with E-state index in [2.05, 4.69) is 27.1 Å². The fraction of sp³-hybridized carbons (Fsp3) is 0.450. The molecule has 1 amide bonds. The van der Waals surface area contributed by atoms with Gasteiger partial charge in [0.2, 0.25) is 0 Å². The van der Waals surface area contributed by atoms with E-state index in [0.717, 1.165) is 30.8 Å². The van der Waals surface area contributed by atoms with E-state index < -0.39 is 0 Å². The summed E-state index contributed by atoms with van der Waals surface area (Å²) in [5.74, 6) is 1.26. The molecule has 5 nitrogen and oxygen atoms in total. The molecule has 1 aromatic carbocycles. The van der Waals surface area contributed by atoms with Gasteiger partial charge in [0.25, 0.3) is 5.91 Å². The molecule has 3 rings (SSSR count). The van der Waals surface area contributed by atoms with Gasteiger partial charge in [0, 0.05) is 30.2 Å². The average molecular weight is 373 g/mol. The van der Waals surface area contributed by atoms with Crippen LogP contribution in [0.2, 0.25) is 5.02 Å². The van der Waals surface area contributed by atoms with Crippen LogP contribution in [0.3, 0.4) is 0 Å². The van der Waals surface area contributed by atoms with Crippen molar-refractivity contribution in [1.82, 2.24) is 15.3 Å². The van der Waals surface area contributed by atoms with Crippen LogP contribution >= 0.6 is 11.6 Å². The van der Waals surface area contributed by atoms with E-state index in [0.29, 0.717) is 29.1 Å². The maximum atomic E-state index is 12.6. The third-order valence-corrected chi connectivity index (χ3v) is 5.22. The average Bonchev–Trinajstić information content (AvgIpc) is 2.66. The van der Waals surface area contributed by atoms with E-state index in [1.54, 1.807) is 0 Å². The third kappa shape index (κ3) is 4.33. The molecule has 1 unspecified atom stereocenters. The van der Waals surface area contributed by atoms with Crippen molar-refractivity contribution in [3.05, 3.63) is 52.4 Å². The molecule has 1 atom stereocenters. The lowest BCUT2D eigenvalue weighted by molar-refractivity contribution is 0.0945. The zero-order valence-electron chi connectivity index (χ0n) is 15.3. The van der Waals surface area contributed by atoms with Gasteiger partial charge < -0.3 is 10.2 Å². The predicted octanol–water partition coefficient (Wildman–Crippen LogP) is 4.14. The minimum Gasteiger partial charge on any atom is -0.354 e. The van der Waals surface area contributed by atoms with E-state index in [4.69, 9.17) is 11.6 Å². The van der Waals surface area contributed by atoms with Crippen LogP contribution in [0, 0.1) is 6.92 Å². The molecule has 2 heterocycles. The molecule has 1 aliphatic heterocycles. The summed E-state index contributed by atoms with van der Waals surface area (Å²) in [6.07, 6.45) is 4.67. The van der Waals surface area contributed by atoms with Crippen molar-refractivity contribution in [2.75, 3.05) is 11.4 Å². The lowest BCUT2D eigenvalue weighted by Gasteiger charge is -2.36. The number of nitrogens with one attached hydrogen (secondary N) is 1. The summed E-state index contributed by atoms with van der Waals surface area (Å²) in [5, 5.41) is 3.55. The van der Waals surface area contributed by atoms with E-state index in [1.807, 2.05) is 37.3 Å². The van der Waals surface area contributed by atoms with Gasteiger partial charge in [-0.3, -0.25) is 4.79 Å². The monoisotopic (exact) mass is 372 g/mol. The number of nitrogens with zero attached hydrogens (tertiary/aromatic N) is 3. The Morgan fingerprint density at radius 1 is 1.31 bits per heavy atom. The highest BCUT2D eigenvalue weighted by Gasteiger charge is 2.23. The molecule has 0 saturated carbocycles. The molecule has 1 saturated heterocycles. The van der Waals surface area contributed by atoms with E-state index >= 15 is 0 Å². The van der Waals surface area contributed by atoms with Crippen LogP contribution in [-0.4, -0.2) is 28.5 Å². The maximum Gasteiger partial charge on any atom is 0.270 e. The number of carbonyl (C=O) groups is 1. The molecule has 6 heteroatoms. The molecule has 1 aliphatic rings. The van der Waals surface area contributed by atoms with Crippen molar-refractivity contribution in [3.63, 3.8) is 0 Å². The molecule has 0 radical (unpaired) electrons. The first kappa shape index (κ1) is 18.6. The topological polar surface area (TPSA) is 58.1 Å². The van der Waals surface area contributed by atoms with Crippen LogP contribution in [0.15, 0.2) is 30.3 Å². The Morgan fingerprint density at radius 2 is 2.12 bits per heavy atom. The number of aryl methyl sites for hydroxylation is 1. The molecule has 0 bridgehead atoms. The van der Waals surface area contributed by atoms with Gasteiger partial charge in [-0.2, -0.15) is 0 Å². The van der Waals surface area contributed by atoms with Crippen molar-refractivity contribution < 1.29 is 4.79 Å². The first-order valence-electron chi connectivity index (χ1n) is 9.22. The maximum absolute atomic E-state index is 12.6. The number of anilines is 1. The van der Waals surface area contributed by atoms with Crippen LogP contribution < -0.4 is 10.2 Å². The summed E-state index contributed by atoms with van der Waals surface area (Å²) < 4.78 is 0. The Kier molecular flexibility index (Phi) is 6.09. The second kappa shape index (κ2) is 8.49. The molecule has 1 aromatic heterocycles. The molecular weight excluding hydrogens is 348 g/mol. The number of carbonyl (C=O) groups excluding carboxylic acids is 1. The van der Waals surface area contributed by atoms with Gasteiger partial charge in [0.1, 0.15) is 17.3 Å². The number of amides is 1. The summed E-state index contributed by atoms with van der Waals surface area (Å²) in [5.41, 5.74) is 1.29. The molecule has 138 valence electrons. The molecule has 0 spiro atoms. The second-order valence-corrected chi connectivity index (χ2v) is 7.09. The molecule has 2 aromatic rings. The number of rotatable bonds is 5.